The van der Waals surface area contributed by atoms with Crippen molar-refractivity contribution in [3.8, 4) is 0 Å². The Morgan fingerprint density at radius 2 is 1.78 bits per heavy atom. The van der Waals surface area contributed by atoms with Crippen LogP contribution in [0.1, 0.15) is 6.92 Å². The van der Waals surface area contributed by atoms with Crippen LogP contribution in [0.15, 0.2) is 35.7 Å². The van der Waals surface area contributed by atoms with E-state index in [9.17, 15) is 9.59 Å². The summed E-state index contributed by atoms with van der Waals surface area (Å²) in [6.07, 6.45) is 1.59. The Balaban J connectivity index is 3.04. The molecule has 0 fully saturated rings. The Labute approximate surface area is 105 Å². The second kappa shape index (κ2) is 6.39. The number of carbonyl (C=O) groups is 2. The third-order valence-corrected chi connectivity index (χ3v) is 2.13. The number of anilines is 1. The molecule has 0 bridgehead atoms. The first-order chi connectivity index (χ1) is 8.60. The van der Waals surface area contributed by atoms with Gasteiger partial charge in [-0.15, -0.1) is 0 Å². The van der Waals surface area contributed by atoms with Gasteiger partial charge in [0.2, 0.25) is 0 Å². The number of aromatic nitrogens is 1. The number of ether oxygens (including phenoxy) is 2. The Hall–Kier alpha value is -2.37. The quantitative estimate of drug-likeness (QED) is 0.373. The molecule has 0 radical (unpaired) electrons. The number of hydrogen-bond donors (Lipinski definition) is 1. The van der Waals surface area contributed by atoms with Crippen molar-refractivity contribution < 1.29 is 19.1 Å². The maximum absolute atomic E-state index is 11.5. The van der Waals surface area contributed by atoms with Crippen LogP contribution in [0.25, 0.3) is 0 Å². The van der Waals surface area contributed by atoms with Gasteiger partial charge in [0.05, 0.1) is 14.2 Å². The van der Waals surface area contributed by atoms with E-state index in [1.54, 1.807) is 31.3 Å². The van der Waals surface area contributed by atoms with E-state index in [1.165, 1.54) is 14.2 Å². The molecule has 18 heavy (non-hydrogen) atoms. The Morgan fingerprint density at radius 1 is 1.17 bits per heavy atom. The van der Waals surface area contributed by atoms with Crippen LogP contribution in [0.2, 0.25) is 0 Å². The molecule has 0 spiro atoms. The molecule has 0 saturated heterocycles. The zero-order chi connectivity index (χ0) is 13.5. The van der Waals surface area contributed by atoms with Crippen LogP contribution in [0, 0.1) is 0 Å². The molecule has 6 heteroatoms. The molecule has 1 heterocycles. The van der Waals surface area contributed by atoms with Crippen molar-refractivity contribution in [2.45, 2.75) is 6.92 Å². The van der Waals surface area contributed by atoms with E-state index in [1.807, 2.05) is 0 Å². The molecular formula is C12H14N2O4. The molecule has 0 aliphatic carbocycles. The van der Waals surface area contributed by atoms with Crippen LogP contribution in [0.3, 0.4) is 0 Å². The summed E-state index contributed by atoms with van der Waals surface area (Å²) in [5.41, 5.74) is 0.123. The molecule has 96 valence electrons. The van der Waals surface area contributed by atoms with E-state index < -0.39 is 11.9 Å². The van der Waals surface area contributed by atoms with Crippen molar-refractivity contribution in [1.29, 1.82) is 0 Å². The second-order valence-corrected chi connectivity index (χ2v) is 3.32. The van der Waals surface area contributed by atoms with Crippen LogP contribution < -0.4 is 5.32 Å². The first-order valence-electron chi connectivity index (χ1n) is 5.15. The van der Waals surface area contributed by atoms with Crippen molar-refractivity contribution >= 4 is 17.8 Å². The highest BCUT2D eigenvalue weighted by Crippen LogP contribution is 2.11. The van der Waals surface area contributed by atoms with Crippen molar-refractivity contribution in [3.63, 3.8) is 0 Å². The van der Waals surface area contributed by atoms with Gasteiger partial charge in [-0.3, -0.25) is 0 Å². The van der Waals surface area contributed by atoms with Gasteiger partial charge in [-0.05, 0) is 19.1 Å². The molecule has 0 aliphatic rings. The lowest BCUT2D eigenvalue weighted by Crippen LogP contribution is -2.20. The highest BCUT2D eigenvalue weighted by atomic mass is 16.5. The minimum atomic E-state index is -0.761. The molecule has 0 aromatic carbocycles. The predicted molar refractivity (Wildman–Crippen MR) is 64.6 cm³/mol. The lowest BCUT2D eigenvalue weighted by atomic mass is 10.2. The van der Waals surface area contributed by atoms with Crippen molar-refractivity contribution in [2.24, 2.45) is 0 Å². The molecule has 1 rings (SSSR count). The summed E-state index contributed by atoms with van der Waals surface area (Å²) in [5.74, 6) is -1.01. The smallest absolute Gasteiger partial charge is 0.347 e. The van der Waals surface area contributed by atoms with Gasteiger partial charge >= 0.3 is 11.9 Å². The van der Waals surface area contributed by atoms with Crippen LogP contribution in [-0.4, -0.2) is 31.1 Å². The predicted octanol–water partition coefficient (Wildman–Crippen LogP) is 1.11. The molecule has 1 aromatic heterocycles. The number of esters is 2. The Morgan fingerprint density at radius 3 is 2.22 bits per heavy atom. The summed E-state index contributed by atoms with van der Waals surface area (Å²) in [4.78, 5) is 27.0. The summed E-state index contributed by atoms with van der Waals surface area (Å²) >= 11 is 0. The summed E-state index contributed by atoms with van der Waals surface area (Å²) in [6.45, 7) is 1.57. The van der Waals surface area contributed by atoms with Gasteiger partial charge in [-0.25, -0.2) is 14.6 Å². The monoisotopic (exact) mass is 250 g/mol. The number of nitrogens with one attached hydrogen (secondary N) is 1. The second-order valence-electron chi connectivity index (χ2n) is 3.32. The number of hydrogen-bond acceptors (Lipinski definition) is 6. The summed E-state index contributed by atoms with van der Waals surface area (Å²) in [5, 5.41) is 2.84. The number of methoxy groups -OCH3 is 2. The summed E-state index contributed by atoms with van der Waals surface area (Å²) < 4.78 is 9.07. The van der Waals surface area contributed by atoms with E-state index in [4.69, 9.17) is 0 Å². The molecule has 0 atom stereocenters. The number of nitrogens with zero attached hydrogens (tertiary/aromatic N) is 1. The van der Waals surface area contributed by atoms with E-state index >= 15 is 0 Å². The Kier molecular flexibility index (Phi) is 4.86. The Bertz CT molecular complexity index is 450. The largest absolute Gasteiger partial charge is 0.465 e. The number of rotatable bonds is 4. The molecule has 0 amide bonds. The lowest BCUT2D eigenvalue weighted by Gasteiger charge is -2.10. The standard InChI is InChI=1S/C12H14N2O4/c1-8(14-9-6-4-5-7-13-9)10(11(15)17-2)12(16)18-3/h4-7H,1-3H3,(H,13,14). The van der Waals surface area contributed by atoms with Crippen LogP contribution in [0.5, 0.6) is 0 Å². The third-order valence-electron chi connectivity index (χ3n) is 2.13. The third kappa shape index (κ3) is 3.31. The minimum Gasteiger partial charge on any atom is -0.465 e. The lowest BCUT2D eigenvalue weighted by molar-refractivity contribution is -0.144. The van der Waals surface area contributed by atoms with E-state index in [2.05, 4.69) is 19.8 Å². The molecule has 0 aliphatic heterocycles. The molecule has 0 unspecified atom stereocenters. The zero-order valence-electron chi connectivity index (χ0n) is 10.4. The van der Waals surface area contributed by atoms with E-state index in [-0.39, 0.29) is 5.57 Å². The molecule has 1 N–H and O–H groups in total. The van der Waals surface area contributed by atoms with Crippen LogP contribution >= 0.6 is 0 Å². The molecule has 1 aromatic rings. The highest BCUT2D eigenvalue weighted by molar-refractivity contribution is 6.14. The number of allylic oxidation sites excluding steroid dienone is 1. The van der Waals surface area contributed by atoms with Gasteiger partial charge < -0.3 is 14.8 Å². The normalized spacial score (nSPS) is 9.28. The van der Waals surface area contributed by atoms with Crippen LogP contribution in [-0.2, 0) is 19.1 Å². The number of pyridine rings is 1. The fourth-order valence-corrected chi connectivity index (χ4v) is 1.28. The maximum atomic E-state index is 11.5. The van der Waals surface area contributed by atoms with Gasteiger partial charge in [-0.2, -0.15) is 0 Å². The van der Waals surface area contributed by atoms with Gasteiger partial charge in [0.15, 0.2) is 5.57 Å². The fraction of sp³-hybridized carbons (Fsp3) is 0.250. The number of carbonyl (C=O) groups excluding carboxylic acids is 2. The average molecular weight is 250 g/mol. The summed E-state index contributed by atoms with van der Waals surface area (Å²) in [6, 6.07) is 5.24. The highest BCUT2D eigenvalue weighted by Gasteiger charge is 2.23. The molecule has 6 nitrogen and oxygen atoms in total. The van der Waals surface area contributed by atoms with Gasteiger partial charge in [0.1, 0.15) is 5.82 Å². The van der Waals surface area contributed by atoms with Gasteiger partial charge in [0.25, 0.3) is 0 Å². The fourth-order valence-electron chi connectivity index (χ4n) is 1.28. The van der Waals surface area contributed by atoms with Crippen molar-refractivity contribution in [3.05, 3.63) is 35.7 Å². The average Bonchev–Trinajstić information content (AvgIpc) is 2.39. The molecule has 0 saturated carbocycles. The van der Waals surface area contributed by atoms with Crippen molar-refractivity contribution in [2.75, 3.05) is 19.5 Å². The van der Waals surface area contributed by atoms with Crippen LogP contribution in [0.4, 0.5) is 5.82 Å². The first-order valence-corrected chi connectivity index (χ1v) is 5.15. The maximum Gasteiger partial charge on any atom is 0.347 e. The topological polar surface area (TPSA) is 77.5 Å². The zero-order valence-corrected chi connectivity index (χ0v) is 10.4. The molecular weight excluding hydrogens is 236 g/mol. The van der Waals surface area contributed by atoms with Gasteiger partial charge in [-0.1, -0.05) is 6.07 Å². The first kappa shape index (κ1) is 13.7. The van der Waals surface area contributed by atoms with Crippen molar-refractivity contribution in [1.82, 2.24) is 4.98 Å². The minimum absolute atomic E-state index is 0.189. The van der Waals surface area contributed by atoms with Gasteiger partial charge in [0, 0.05) is 11.9 Å². The SMILES string of the molecule is COC(=O)C(C(=O)OC)=C(C)Nc1ccccn1. The summed E-state index contributed by atoms with van der Waals surface area (Å²) in [7, 11) is 2.39. The van der Waals surface area contributed by atoms with E-state index in [0.29, 0.717) is 11.5 Å². The van der Waals surface area contributed by atoms with E-state index in [0.717, 1.165) is 0 Å².